The summed E-state index contributed by atoms with van der Waals surface area (Å²) in [7, 11) is -2.32. The molecule has 0 aliphatic rings. The molecule has 3 nitrogen and oxygen atoms in total. The number of benzene rings is 1. The van der Waals surface area contributed by atoms with Crippen molar-refractivity contribution in [1.82, 2.24) is 0 Å². The molecule has 1 rings (SSSR count). The van der Waals surface area contributed by atoms with Crippen LogP contribution in [0.25, 0.3) is 0 Å². The Kier molecular flexibility index (Phi) is 4.87. The van der Waals surface area contributed by atoms with Gasteiger partial charge in [-0.15, -0.1) is 0 Å². The smallest absolute Gasteiger partial charge is 0.0800 e. The number of rotatable bonds is 4. The Balaban J connectivity index is 3.32. The van der Waals surface area contributed by atoms with E-state index in [1.54, 1.807) is 31.4 Å². The number of para-hydroxylation sites is 1. The lowest BCUT2D eigenvalue weighted by Gasteiger charge is -2.07. The molecule has 1 unspecified atom stereocenters. The molecular weight excluding hydrogens is 268 g/mol. The fourth-order valence-corrected chi connectivity index (χ4v) is 2.36. The minimum absolute atomic E-state index is 0.395. The maximum absolute atomic E-state index is 12.0. The molecule has 0 spiro atoms. The molecule has 0 fully saturated rings. The summed E-state index contributed by atoms with van der Waals surface area (Å²) in [6.45, 7) is 5.08. The zero-order valence-corrected chi connectivity index (χ0v) is 12.0. The molecule has 0 radical (unpaired) electrons. The fraction of sp³-hybridized carbons (Fsp3) is 0.154. The second-order valence-corrected chi connectivity index (χ2v) is 6.69. The fourth-order valence-electron chi connectivity index (χ4n) is 1.32. The largest absolute Gasteiger partial charge is 0.271 e. The Hall–Kier alpha value is -1.39. The van der Waals surface area contributed by atoms with E-state index in [0.717, 1.165) is 0 Å². The summed E-state index contributed by atoms with van der Waals surface area (Å²) in [5.41, 5.74) is 1.19. The van der Waals surface area contributed by atoms with Gasteiger partial charge in [0, 0.05) is 12.5 Å². The van der Waals surface area contributed by atoms with Crippen molar-refractivity contribution in [1.29, 1.82) is 0 Å². The van der Waals surface area contributed by atoms with Gasteiger partial charge in [-0.2, -0.15) is 0 Å². The highest BCUT2D eigenvalue weighted by molar-refractivity contribution is 7.99. The molecule has 18 heavy (non-hydrogen) atoms. The van der Waals surface area contributed by atoms with Crippen LogP contribution in [0.1, 0.15) is 6.92 Å². The maximum atomic E-state index is 12.0. The quantitative estimate of drug-likeness (QED) is 0.617. The van der Waals surface area contributed by atoms with Crippen LogP contribution >= 0.6 is 11.6 Å². The lowest BCUT2D eigenvalue weighted by Crippen LogP contribution is -1.98. The maximum Gasteiger partial charge on any atom is 0.0800 e. The summed E-state index contributed by atoms with van der Waals surface area (Å²) in [5.74, 6) is 3.67. The minimum atomic E-state index is -2.32. The first-order chi connectivity index (χ1) is 8.36. The Bertz CT molecular complexity index is 616. The zero-order valence-electron chi connectivity index (χ0n) is 10.4. The molecule has 0 saturated carbocycles. The molecule has 96 valence electrons. The van der Waals surface area contributed by atoms with Crippen LogP contribution in [-0.2, 0) is 9.52 Å². The Morgan fingerprint density at radius 3 is 2.61 bits per heavy atom. The molecule has 0 saturated heterocycles. The van der Waals surface area contributed by atoms with Gasteiger partial charge in [0.15, 0.2) is 0 Å². The lowest BCUT2D eigenvalue weighted by molar-refractivity contribution is 0.685. The number of halogens is 1. The standard InChI is InChI=1S/C13H15ClN2OS/c1-10(11(14)9-15-2)16-12-7-5-6-8-13(12)18(3,4)17/h5-9H,2-3H2,1,4H3/b11-9+,16-10?. The number of allylic oxidation sites excluding steroid dienone is 1. The van der Waals surface area contributed by atoms with Crippen LogP contribution < -0.4 is 0 Å². The Morgan fingerprint density at radius 1 is 1.44 bits per heavy atom. The molecule has 0 aromatic heterocycles. The van der Waals surface area contributed by atoms with Crippen LogP contribution in [0.3, 0.4) is 0 Å². The van der Waals surface area contributed by atoms with E-state index in [-0.39, 0.29) is 0 Å². The minimum Gasteiger partial charge on any atom is -0.271 e. The average Bonchev–Trinajstić information content (AvgIpc) is 2.28. The SMILES string of the molecule is C=N/C=C(/Cl)C(C)=Nc1ccccc1S(=C)(C)=O. The first-order valence-corrected chi connectivity index (χ1v) is 7.66. The van der Waals surface area contributed by atoms with E-state index in [9.17, 15) is 4.21 Å². The van der Waals surface area contributed by atoms with Gasteiger partial charge in [0.25, 0.3) is 0 Å². The second kappa shape index (κ2) is 5.98. The summed E-state index contributed by atoms with van der Waals surface area (Å²) in [5, 5.41) is 0.395. The monoisotopic (exact) mass is 282 g/mol. The third kappa shape index (κ3) is 3.82. The van der Waals surface area contributed by atoms with E-state index in [0.29, 0.717) is 21.3 Å². The van der Waals surface area contributed by atoms with Crippen molar-refractivity contribution >= 4 is 45.1 Å². The van der Waals surface area contributed by atoms with Crippen LogP contribution in [0.4, 0.5) is 5.69 Å². The number of hydrogen-bond donors (Lipinski definition) is 0. The molecule has 1 aromatic rings. The topological polar surface area (TPSA) is 41.8 Å². The van der Waals surface area contributed by atoms with Crippen molar-refractivity contribution in [3.05, 3.63) is 35.5 Å². The van der Waals surface area contributed by atoms with Gasteiger partial charge >= 0.3 is 0 Å². The van der Waals surface area contributed by atoms with Crippen molar-refractivity contribution in [3.8, 4) is 0 Å². The summed E-state index contributed by atoms with van der Waals surface area (Å²) in [4.78, 5) is 8.54. The molecule has 1 atom stereocenters. The van der Waals surface area contributed by atoms with Gasteiger partial charge in [-0.25, -0.2) is 0 Å². The van der Waals surface area contributed by atoms with Crippen molar-refractivity contribution in [2.24, 2.45) is 9.98 Å². The predicted octanol–water partition coefficient (Wildman–Crippen LogP) is 3.26. The van der Waals surface area contributed by atoms with Crippen molar-refractivity contribution in [2.45, 2.75) is 11.8 Å². The van der Waals surface area contributed by atoms with E-state index in [2.05, 4.69) is 22.6 Å². The lowest BCUT2D eigenvalue weighted by atomic mass is 10.3. The van der Waals surface area contributed by atoms with Crippen molar-refractivity contribution < 1.29 is 4.21 Å². The van der Waals surface area contributed by atoms with Gasteiger partial charge in [0.1, 0.15) is 0 Å². The summed E-state index contributed by atoms with van der Waals surface area (Å²) in [6.07, 6.45) is 3.00. The highest BCUT2D eigenvalue weighted by Crippen LogP contribution is 2.25. The molecule has 0 aliphatic heterocycles. The predicted molar refractivity (Wildman–Crippen MR) is 82.1 cm³/mol. The van der Waals surface area contributed by atoms with Crippen molar-refractivity contribution in [2.75, 3.05) is 6.26 Å². The second-order valence-electron chi connectivity index (χ2n) is 3.83. The molecule has 1 aromatic carbocycles. The van der Waals surface area contributed by atoms with Gasteiger partial charge in [-0.05, 0) is 41.2 Å². The molecule has 0 aliphatic carbocycles. The molecule has 0 N–H and O–H groups in total. The Labute approximate surface area is 113 Å². The van der Waals surface area contributed by atoms with E-state index in [4.69, 9.17) is 11.6 Å². The van der Waals surface area contributed by atoms with E-state index in [1.807, 2.05) is 6.07 Å². The number of nitrogens with zero attached hydrogens (tertiary/aromatic N) is 2. The van der Waals surface area contributed by atoms with Crippen LogP contribution in [0, 0.1) is 0 Å². The van der Waals surface area contributed by atoms with Gasteiger partial charge in [-0.1, -0.05) is 23.7 Å². The highest BCUT2D eigenvalue weighted by Gasteiger charge is 2.08. The van der Waals surface area contributed by atoms with Crippen LogP contribution in [0.5, 0.6) is 0 Å². The zero-order chi connectivity index (χ0) is 13.8. The molecule has 0 bridgehead atoms. The number of aliphatic imine (C=N–C) groups is 2. The first kappa shape index (κ1) is 14.7. The summed E-state index contributed by atoms with van der Waals surface area (Å²) < 4.78 is 12.0. The van der Waals surface area contributed by atoms with E-state index >= 15 is 0 Å². The van der Waals surface area contributed by atoms with Crippen LogP contribution in [-0.4, -0.2) is 28.8 Å². The van der Waals surface area contributed by atoms with Crippen LogP contribution in [0.2, 0.25) is 0 Å². The molecule has 0 amide bonds. The van der Waals surface area contributed by atoms with Gasteiger partial charge in [0.05, 0.1) is 21.3 Å². The van der Waals surface area contributed by atoms with Gasteiger partial charge in [-0.3, -0.25) is 14.2 Å². The Morgan fingerprint density at radius 2 is 2.06 bits per heavy atom. The molecule has 5 heteroatoms. The molecule has 0 heterocycles. The van der Waals surface area contributed by atoms with Crippen LogP contribution in [0.15, 0.2) is 50.4 Å². The average molecular weight is 283 g/mol. The van der Waals surface area contributed by atoms with E-state index in [1.165, 1.54) is 6.20 Å². The third-order valence-corrected chi connectivity index (χ3v) is 3.82. The highest BCUT2D eigenvalue weighted by atomic mass is 35.5. The van der Waals surface area contributed by atoms with Gasteiger partial charge < -0.3 is 0 Å². The third-order valence-electron chi connectivity index (χ3n) is 2.17. The number of hydrogen-bond acceptors (Lipinski definition) is 3. The summed E-state index contributed by atoms with van der Waals surface area (Å²) in [6, 6.07) is 7.16. The van der Waals surface area contributed by atoms with E-state index < -0.39 is 9.52 Å². The summed E-state index contributed by atoms with van der Waals surface area (Å²) >= 11 is 5.96. The first-order valence-electron chi connectivity index (χ1n) is 5.14. The molecular formula is C13H15ClN2OS. The van der Waals surface area contributed by atoms with Gasteiger partial charge in [0.2, 0.25) is 0 Å². The normalized spacial score (nSPS) is 16.2. The van der Waals surface area contributed by atoms with Crippen molar-refractivity contribution in [3.63, 3.8) is 0 Å².